The second kappa shape index (κ2) is 36.2. The lowest BCUT2D eigenvalue weighted by molar-refractivity contribution is -0.147. The molecule has 0 spiro atoms. The molecule has 0 saturated carbocycles. The maximum absolute atomic E-state index is 12.3. The summed E-state index contributed by atoms with van der Waals surface area (Å²) in [4.78, 5) is 45.5. The predicted octanol–water partition coefficient (Wildman–Crippen LogP) is 10.1. The van der Waals surface area contributed by atoms with E-state index in [0.29, 0.717) is 12.8 Å². The van der Waals surface area contributed by atoms with Crippen LogP contribution >= 0.6 is 7.82 Å². The van der Waals surface area contributed by atoms with Crippen LogP contribution in [0.4, 0.5) is 0 Å². The lowest BCUT2D eigenvalue weighted by Crippen LogP contribution is -2.43. The number of amides is 1. The Morgan fingerprint density at radius 3 is 1.46 bits per heavy atom. The summed E-state index contributed by atoms with van der Waals surface area (Å²) in [5.74, 6) is -2.38. The van der Waals surface area contributed by atoms with Gasteiger partial charge < -0.3 is 25.2 Å². The van der Waals surface area contributed by atoms with Crippen molar-refractivity contribution < 1.29 is 47.8 Å². The number of carbonyl (C=O) groups excluding carboxylic acids is 2. The summed E-state index contributed by atoms with van der Waals surface area (Å²) in [6.07, 6.45) is 34.4. The highest BCUT2D eigenvalue weighted by Crippen LogP contribution is 2.43. The number of phosphoric acid groups is 1. The normalized spacial score (nSPS) is 13.9. The van der Waals surface area contributed by atoms with Gasteiger partial charge in [0.1, 0.15) is 12.7 Å². The van der Waals surface area contributed by atoms with Crippen molar-refractivity contribution in [2.24, 2.45) is 0 Å². The van der Waals surface area contributed by atoms with Crippen molar-refractivity contribution in [3.63, 3.8) is 0 Å². The number of phosphoric ester groups is 1. The molecule has 11 nitrogen and oxygen atoms in total. The van der Waals surface area contributed by atoms with Crippen molar-refractivity contribution in [1.82, 2.24) is 5.32 Å². The number of carbonyl (C=O) groups is 3. The number of carboxylic acids is 1. The summed E-state index contributed by atoms with van der Waals surface area (Å²) >= 11 is 0. The highest BCUT2D eigenvalue weighted by Gasteiger charge is 2.28. The first-order valence-corrected chi connectivity index (χ1v) is 22.2. The third-order valence-corrected chi connectivity index (χ3v) is 10.0. The number of carboxylic acid groups (broad SMARTS) is 1. The molecule has 306 valence electrons. The Balaban J connectivity index is 3.80. The molecular weight excluding hydrogens is 685 g/mol. The molecule has 12 heteroatoms. The molecular formula is C40H76NO10P. The van der Waals surface area contributed by atoms with Crippen LogP contribution in [0.25, 0.3) is 0 Å². The summed E-state index contributed by atoms with van der Waals surface area (Å²) in [6.45, 7) is 2.48. The smallest absolute Gasteiger partial charge is 0.472 e. The number of ether oxygens (including phenoxy) is 1. The van der Waals surface area contributed by atoms with Crippen LogP contribution < -0.4 is 5.32 Å². The van der Waals surface area contributed by atoms with Gasteiger partial charge in [0.25, 0.3) is 0 Å². The highest BCUT2D eigenvalue weighted by molar-refractivity contribution is 7.47. The molecule has 0 rings (SSSR count). The zero-order valence-electron chi connectivity index (χ0n) is 32.9. The Morgan fingerprint density at radius 2 is 1.00 bits per heavy atom. The van der Waals surface area contributed by atoms with E-state index in [1.54, 1.807) is 0 Å². The van der Waals surface area contributed by atoms with Crippen LogP contribution in [0.5, 0.6) is 0 Å². The van der Waals surface area contributed by atoms with Gasteiger partial charge in [0.05, 0.1) is 13.2 Å². The van der Waals surface area contributed by atoms with Crippen molar-refractivity contribution >= 4 is 25.7 Å². The average molecular weight is 762 g/mol. The highest BCUT2D eigenvalue weighted by atomic mass is 31.2. The number of unbranched alkanes of at least 4 members (excludes halogenated alkanes) is 23. The molecule has 52 heavy (non-hydrogen) atoms. The van der Waals surface area contributed by atoms with Gasteiger partial charge in [0.15, 0.2) is 6.04 Å². The molecule has 0 aromatic heterocycles. The number of aliphatic carboxylic acids is 1. The molecule has 0 aliphatic heterocycles. The molecule has 0 aromatic carbocycles. The third-order valence-electron chi connectivity index (χ3n) is 9.05. The van der Waals surface area contributed by atoms with Crippen molar-refractivity contribution in [3.05, 3.63) is 12.2 Å². The Bertz CT molecular complexity index is 947. The number of aliphatic hydroxyl groups excluding tert-OH is 1. The van der Waals surface area contributed by atoms with E-state index >= 15 is 0 Å². The average Bonchev–Trinajstić information content (AvgIpc) is 3.11. The molecule has 0 fully saturated rings. The standard InChI is InChI=1S/C40H76NO10P/c1-3-5-7-9-10-11-12-13-14-15-16-17-18-19-20-21-22-23-24-25-26-28-29-31-38(43)41-37(40(45)46)35-51-52(47,48)50-34-36(42)33-49-39(44)32-30-27-8-6-4-2/h13-14,36-37,42H,3-12,15-35H2,1-2H3,(H,41,43)(H,45,46)(H,47,48)/b14-13+. The molecule has 0 heterocycles. The van der Waals surface area contributed by atoms with Crippen molar-refractivity contribution in [3.8, 4) is 0 Å². The maximum atomic E-state index is 12.3. The zero-order valence-corrected chi connectivity index (χ0v) is 33.8. The summed E-state index contributed by atoms with van der Waals surface area (Å²) in [5.41, 5.74) is 0. The lowest BCUT2D eigenvalue weighted by atomic mass is 10.0. The van der Waals surface area contributed by atoms with Gasteiger partial charge in [-0.25, -0.2) is 9.36 Å². The maximum Gasteiger partial charge on any atom is 0.472 e. The first-order chi connectivity index (χ1) is 25.1. The third kappa shape index (κ3) is 35.3. The van der Waals surface area contributed by atoms with Gasteiger partial charge in [-0.15, -0.1) is 0 Å². The second-order valence-corrected chi connectivity index (χ2v) is 15.6. The number of hydrogen-bond acceptors (Lipinski definition) is 8. The molecule has 0 aliphatic rings. The lowest BCUT2D eigenvalue weighted by Gasteiger charge is -2.18. The molecule has 0 aliphatic carbocycles. The van der Waals surface area contributed by atoms with E-state index in [4.69, 9.17) is 13.8 Å². The fourth-order valence-electron chi connectivity index (χ4n) is 5.78. The Morgan fingerprint density at radius 1 is 0.596 bits per heavy atom. The predicted molar refractivity (Wildman–Crippen MR) is 208 cm³/mol. The number of aliphatic hydroxyl groups is 1. The minimum Gasteiger partial charge on any atom is -0.480 e. The molecule has 0 saturated heterocycles. The minimum atomic E-state index is -4.74. The first kappa shape index (κ1) is 50.2. The van der Waals surface area contributed by atoms with Crippen LogP contribution in [0.3, 0.4) is 0 Å². The van der Waals surface area contributed by atoms with Gasteiger partial charge in [-0.3, -0.25) is 18.6 Å². The fourth-order valence-corrected chi connectivity index (χ4v) is 6.55. The topological polar surface area (TPSA) is 169 Å². The molecule has 0 radical (unpaired) electrons. The van der Waals surface area contributed by atoms with Gasteiger partial charge in [-0.2, -0.15) is 0 Å². The zero-order chi connectivity index (χ0) is 38.5. The molecule has 0 aromatic rings. The number of allylic oxidation sites excluding steroid dienone is 2. The monoisotopic (exact) mass is 762 g/mol. The van der Waals surface area contributed by atoms with Gasteiger partial charge in [0.2, 0.25) is 5.91 Å². The number of esters is 1. The SMILES string of the molecule is CCCCCCCC/C=C/CCCCCCCCCCCCCCCC(=O)NC(COP(=O)(O)OCC(O)COC(=O)CCCCCCC)C(=O)O. The summed E-state index contributed by atoms with van der Waals surface area (Å²) < 4.78 is 26.6. The summed E-state index contributed by atoms with van der Waals surface area (Å²) in [5, 5.41) is 21.7. The first-order valence-electron chi connectivity index (χ1n) is 20.7. The van der Waals surface area contributed by atoms with Crippen LogP contribution in [-0.4, -0.2) is 64.9 Å². The van der Waals surface area contributed by atoms with E-state index in [0.717, 1.165) is 44.9 Å². The molecule has 0 bridgehead atoms. The molecule has 3 unspecified atom stereocenters. The summed E-state index contributed by atoms with van der Waals surface area (Å²) in [6, 6.07) is -1.54. The molecule has 1 amide bonds. The molecule has 3 atom stereocenters. The Hall–Kier alpha value is -1.78. The molecule has 4 N–H and O–H groups in total. The van der Waals surface area contributed by atoms with Gasteiger partial charge in [-0.05, 0) is 38.5 Å². The number of nitrogens with one attached hydrogen (secondary N) is 1. The van der Waals surface area contributed by atoms with E-state index in [-0.39, 0.29) is 12.8 Å². The van der Waals surface area contributed by atoms with Crippen LogP contribution in [0.1, 0.15) is 194 Å². The van der Waals surface area contributed by atoms with E-state index in [1.165, 1.54) is 109 Å². The van der Waals surface area contributed by atoms with Crippen molar-refractivity contribution in [2.45, 2.75) is 206 Å². The minimum absolute atomic E-state index is 0.149. The van der Waals surface area contributed by atoms with E-state index in [9.17, 15) is 34.1 Å². The fraction of sp³-hybridized carbons (Fsp3) is 0.875. The summed E-state index contributed by atoms with van der Waals surface area (Å²) in [7, 11) is -4.74. The van der Waals surface area contributed by atoms with Gasteiger partial charge in [0, 0.05) is 12.8 Å². The van der Waals surface area contributed by atoms with Gasteiger partial charge >= 0.3 is 19.8 Å². The Labute approximate surface area is 316 Å². The second-order valence-electron chi connectivity index (χ2n) is 14.2. The Kier molecular flexibility index (Phi) is 35.0. The van der Waals surface area contributed by atoms with Crippen molar-refractivity contribution in [2.75, 3.05) is 19.8 Å². The van der Waals surface area contributed by atoms with Crippen LogP contribution in [-0.2, 0) is 32.7 Å². The van der Waals surface area contributed by atoms with E-state index in [1.807, 2.05) is 0 Å². The quantitative estimate of drug-likeness (QED) is 0.0205. The number of hydrogen-bond donors (Lipinski definition) is 4. The number of rotatable bonds is 39. The van der Waals surface area contributed by atoms with Crippen LogP contribution in [0, 0.1) is 0 Å². The van der Waals surface area contributed by atoms with Gasteiger partial charge in [-0.1, -0.05) is 154 Å². The van der Waals surface area contributed by atoms with Crippen molar-refractivity contribution in [1.29, 1.82) is 0 Å². The van der Waals surface area contributed by atoms with E-state index < -0.39 is 57.6 Å². The largest absolute Gasteiger partial charge is 0.480 e. The van der Waals surface area contributed by atoms with Crippen LogP contribution in [0.2, 0.25) is 0 Å². The van der Waals surface area contributed by atoms with E-state index in [2.05, 4.69) is 31.3 Å². The van der Waals surface area contributed by atoms with Crippen LogP contribution in [0.15, 0.2) is 12.2 Å².